The first-order valence-electron chi connectivity index (χ1n) is 9.08. The summed E-state index contributed by atoms with van der Waals surface area (Å²) < 4.78 is 0. The van der Waals surface area contributed by atoms with Crippen molar-refractivity contribution < 1.29 is 0 Å². The summed E-state index contributed by atoms with van der Waals surface area (Å²) in [6.45, 7) is 8.85. The van der Waals surface area contributed by atoms with E-state index in [1.54, 1.807) is 0 Å². The van der Waals surface area contributed by atoms with Crippen LogP contribution in [-0.4, -0.2) is 36.1 Å². The molecule has 0 aromatic carbocycles. The highest BCUT2D eigenvalue weighted by Gasteiger charge is 2.39. The number of nitrogens with one attached hydrogen (secondary N) is 1. The molecule has 2 heteroatoms. The van der Waals surface area contributed by atoms with Crippen LogP contribution in [0.1, 0.15) is 78.1 Å². The van der Waals surface area contributed by atoms with Crippen LogP contribution in [0.5, 0.6) is 0 Å². The Morgan fingerprint density at radius 2 is 1.75 bits per heavy atom. The van der Waals surface area contributed by atoms with Crippen LogP contribution in [0.3, 0.4) is 0 Å². The summed E-state index contributed by atoms with van der Waals surface area (Å²) in [5, 5.41) is 3.95. The molecule has 1 saturated heterocycles. The average molecular weight is 278 g/mol. The van der Waals surface area contributed by atoms with Crippen LogP contribution in [0, 0.1) is 5.41 Å². The second-order valence-electron chi connectivity index (χ2n) is 8.51. The second kappa shape index (κ2) is 5.96. The van der Waals surface area contributed by atoms with Gasteiger partial charge in [0.05, 0.1) is 0 Å². The Hall–Kier alpha value is -0.0800. The van der Waals surface area contributed by atoms with Crippen molar-refractivity contribution >= 4 is 0 Å². The maximum absolute atomic E-state index is 3.95. The highest BCUT2D eigenvalue weighted by atomic mass is 15.2. The monoisotopic (exact) mass is 278 g/mol. The van der Waals surface area contributed by atoms with E-state index < -0.39 is 0 Å². The zero-order chi connectivity index (χ0) is 14.1. The van der Waals surface area contributed by atoms with Gasteiger partial charge in [-0.15, -0.1) is 0 Å². The average Bonchev–Trinajstić information content (AvgIpc) is 2.62. The van der Waals surface area contributed by atoms with E-state index in [1.807, 2.05) is 0 Å². The molecule has 0 aromatic heterocycles. The van der Waals surface area contributed by atoms with Crippen LogP contribution in [0.15, 0.2) is 0 Å². The van der Waals surface area contributed by atoms with Gasteiger partial charge in [-0.25, -0.2) is 0 Å². The molecule has 1 heterocycles. The Morgan fingerprint density at radius 1 is 0.950 bits per heavy atom. The van der Waals surface area contributed by atoms with E-state index in [4.69, 9.17) is 0 Å². The highest BCUT2D eigenvalue weighted by molar-refractivity contribution is 4.97. The van der Waals surface area contributed by atoms with Crippen molar-refractivity contribution in [1.82, 2.24) is 10.2 Å². The van der Waals surface area contributed by atoms with Crippen molar-refractivity contribution in [2.75, 3.05) is 19.6 Å². The lowest BCUT2D eigenvalue weighted by Gasteiger charge is -2.45. The molecule has 0 amide bonds. The van der Waals surface area contributed by atoms with E-state index in [1.165, 1.54) is 83.8 Å². The van der Waals surface area contributed by atoms with E-state index in [0.29, 0.717) is 11.0 Å². The summed E-state index contributed by atoms with van der Waals surface area (Å²) in [5.41, 5.74) is 1.04. The van der Waals surface area contributed by atoms with Gasteiger partial charge in [0.2, 0.25) is 0 Å². The smallest absolute Gasteiger partial charge is 0.0308 e. The molecule has 116 valence electrons. The van der Waals surface area contributed by atoms with Crippen LogP contribution in [0.4, 0.5) is 0 Å². The van der Waals surface area contributed by atoms with Gasteiger partial charge in [0.15, 0.2) is 0 Å². The Morgan fingerprint density at radius 3 is 2.50 bits per heavy atom. The predicted molar refractivity (Wildman–Crippen MR) is 86.0 cm³/mol. The SMILES string of the molecule is CC1(C)CCCC(N2CCCNC3(CCCCC3)C2)C1. The van der Waals surface area contributed by atoms with Crippen molar-refractivity contribution in [3.8, 4) is 0 Å². The third kappa shape index (κ3) is 3.39. The molecule has 20 heavy (non-hydrogen) atoms. The summed E-state index contributed by atoms with van der Waals surface area (Å²) in [5.74, 6) is 0. The Labute approximate surface area is 125 Å². The standard InChI is InChI=1S/C18H34N2/c1-17(2)9-6-8-16(14-17)20-13-7-12-19-18(15-20)10-4-3-5-11-18/h16,19H,3-15H2,1-2H3. The fourth-order valence-corrected chi connectivity index (χ4v) is 5.00. The number of nitrogens with zero attached hydrogens (tertiary/aromatic N) is 1. The van der Waals surface area contributed by atoms with Gasteiger partial charge in [0.1, 0.15) is 0 Å². The molecule has 0 aromatic rings. The maximum atomic E-state index is 3.95. The molecule has 3 aliphatic rings. The van der Waals surface area contributed by atoms with E-state index in [0.717, 1.165) is 6.04 Å². The van der Waals surface area contributed by atoms with Crippen LogP contribution in [0.25, 0.3) is 0 Å². The van der Waals surface area contributed by atoms with Crippen LogP contribution < -0.4 is 5.32 Å². The van der Waals surface area contributed by atoms with Gasteiger partial charge in [-0.2, -0.15) is 0 Å². The first kappa shape index (κ1) is 14.8. The third-order valence-electron chi connectivity index (χ3n) is 6.13. The minimum atomic E-state index is 0.469. The quantitative estimate of drug-likeness (QED) is 0.781. The van der Waals surface area contributed by atoms with E-state index >= 15 is 0 Å². The third-order valence-corrected chi connectivity index (χ3v) is 6.13. The molecule has 1 atom stereocenters. The van der Waals surface area contributed by atoms with Crippen molar-refractivity contribution in [1.29, 1.82) is 0 Å². The topological polar surface area (TPSA) is 15.3 Å². The fourth-order valence-electron chi connectivity index (χ4n) is 5.00. The molecule has 1 spiro atoms. The van der Waals surface area contributed by atoms with Gasteiger partial charge in [-0.1, -0.05) is 39.5 Å². The minimum absolute atomic E-state index is 0.469. The largest absolute Gasteiger partial charge is 0.310 e. The zero-order valence-electron chi connectivity index (χ0n) is 13.7. The summed E-state index contributed by atoms with van der Waals surface area (Å²) in [6.07, 6.45) is 14.3. The van der Waals surface area contributed by atoms with Gasteiger partial charge >= 0.3 is 0 Å². The zero-order valence-corrected chi connectivity index (χ0v) is 13.7. The van der Waals surface area contributed by atoms with Crippen molar-refractivity contribution in [2.45, 2.75) is 89.6 Å². The highest BCUT2D eigenvalue weighted by Crippen LogP contribution is 2.39. The Bertz CT molecular complexity index is 317. The molecular formula is C18H34N2. The fraction of sp³-hybridized carbons (Fsp3) is 1.00. The predicted octanol–water partition coefficient (Wildman–Crippen LogP) is 3.95. The van der Waals surface area contributed by atoms with Gasteiger partial charge in [0, 0.05) is 18.1 Å². The van der Waals surface area contributed by atoms with Gasteiger partial charge in [0.25, 0.3) is 0 Å². The first-order chi connectivity index (χ1) is 9.59. The minimum Gasteiger partial charge on any atom is -0.310 e. The van der Waals surface area contributed by atoms with Crippen LogP contribution in [0.2, 0.25) is 0 Å². The molecule has 1 N–H and O–H groups in total. The summed E-state index contributed by atoms with van der Waals surface area (Å²) in [6, 6.07) is 0.859. The van der Waals surface area contributed by atoms with E-state index in [9.17, 15) is 0 Å². The lowest BCUT2D eigenvalue weighted by molar-refractivity contribution is 0.0685. The first-order valence-corrected chi connectivity index (χ1v) is 9.08. The number of hydrogen-bond acceptors (Lipinski definition) is 2. The van der Waals surface area contributed by atoms with Gasteiger partial charge in [-0.3, -0.25) is 4.90 Å². The van der Waals surface area contributed by atoms with Crippen molar-refractivity contribution in [3.05, 3.63) is 0 Å². The molecule has 1 aliphatic heterocycles. The van der Waals surface area contributed by atoms with Crippen LogP contribution >= 0.6 is 0 Å². The number of hydrogen-bond donors (Lipinski definition) is 1. The molecule has 1 unspecified atom stereocenters. The summed E-state index contributed by atoms with van der Waals surface area (Å²) in [7, 11) is 0. The molecule has 2 saturated carbocycles. The molecule has 3 fully saturated rings. The molecule has 0 radical (unpaired) electrons. The van der Waals surface area contributed by atoms with E-state index in [-0.39, 0.29) is 0 Å². The Kier molecular flexibility index (Phi) is 4.42. The van der Waals surface area contributed by atoms with Crippen molar-refractivity contribution in [2.24, 2.45) is 5.41 Å². The lowest BCUT2D eigenvalue weighted by Crippen LogP contribution is -2.55. The molecule has 2 aliphatic carbocycles. The maximum Gasteiger partial charge on any atom is 0.0308 e. The molecule has 0 bridgehead atoms. The van der Waals surface area contributed by atoms with E-state index in [2.05, 4.69) is 24.1 Å². The normalized spacial score (nSPS) is 34.8. The van der Waals surface area contributed by atoms with Crippen LogP contribution in [-0.2, 0) is 0 Å². The van der Waals surface area contributed by atoms with Gasteiger partial charge in [-0.05, 0) is 57.0 Å². The lowest BCUT2D eigenvalue weighted by atomic mass is 9.74. The number of rotatable bonds is 1. The summed E-state index contributed by atoms with van der Waals surface area (Å²) in [4.78, 5) is 2.88. The van der Waals surface area contributed by atoms with Crippen molar-refractivity contribution in [3.63, 3.8) is 0 Å². The molecular weight excluding hydrogens is 244 g/mol. The molecule has 2 nitrogen and oxygen atoms in total. The summed E-state index contributed by atoms with van der Waals surface area (Å²) >= 11 is 0. The molecule has 3 rings (SSSR count). The second-order valence-corrected chi connectivity index (χ2v) is 8.51. The van der Waals surface area contributed by atoms with Gasteiger partial charge < -0.3 is 5.32 Å². The Balaban J connectivity index is 1.68.